The van der Waals surface area contributed by atoms with E-state index in [0.717, 1.165) is 12.3 Å². The van der Waals surface area contributed by atoms with Crippen LogP contribution in [0.15, 0.2) is 61.1 Å². The van der Waals surface area contributed by atoms with Gasteiger partial charge in [-0.05, 0) is 50.6 Å². The van der Waals surface area contributed by atoms with E-state index < -0.39 is 17.8 Å². The van der Waals surface area contributed by atoms with Crippen molar-refractivity contribution in [3.63, 3.8) is 0 Å². The average Bonchev–Trinajstić information content (AvgIpc) is 3.41. The van der Waals surface area contributed by atoms with Crippen LogP contribution in [0.1, 0.15) is 43.6 Å². The molecule has 0 aliphatic rings. The minimum absolute atomic E-state index is 0.125. The molecule has 40 heavy (non-hydrogen) atoms. The summed E-state index contributed by atoms with van der Waals surface area (Å²) in [6.45, 7) is 5.97. The molecule has 12 heteroatoms. The third-order valence-electron chi connectivity index (χ3n) is 6.12. The molecular weight excluding hydrogens is 541 g/mol. The van der Waals surface area contributed by atoms with Crippen LogP contribution in [0.4, 0.5) is 30.2 Å². The van der Waals surface area contributed by atoms with Crippen LogP contribution in [0.2, 0.25) is 5.02 Å². The van der Waals surface area contributed by atoms with Crippen molar-refractivity contribution in [2.24, 2.45) is 0 Å². The quantitative estimate of drug-likeness (QED) is 0.218. The van der Waals surface area contributed by atoms with Gasteiger partial charge in [0.1, 0.15) is 17.6 Å². The van der Waals surface area contributed by atoms with Crippen LogP contribution in [0, 0.1) is 28.9 Å². The summed E-state index contributed by atoms with van der Waals surface area (Å²) in [6.07, 6.45) is 4.27. The molecule has 3 heterocycles. The summed E-state index contributed by atoms with van der Waals surface area (Å²) in [5.74, 6) is -2.77. The largest absolute Gasteiger partial charge is 0.371 e. The van der Waals surface area contributed by atoms with Crippen LogP contribution in [-0.4, -0.2) is 25.0 Å². The molecule has 1 atom stereocenters. The van der Waals surface area contributed by atoms with Gasteiger partial charge in [-0.2, -0.15) is 9.65 Å². The highest BCUT2D eigenvalue weighted by Gasteiger charge is 2.24. The van der Waals surface area contributed by atoms with Gasteiger partial charge in [0.15, 0.2) is 5.82 Å². The second-order valence-corrected chi connectivity index (χ2v) is 10.5. The van der Waals surface area contributed by atoms with Crippen molar-refractivity contribution in [3.8, 4) is 6.07 Å². The number of nitrogens with zero attached hydrogens (tertiary/aromatic N) is 6. The minimum atomic E-state index is -1.24. The number of fused-ring (bicyclic) bond motifs is 1. The van der Waals surface area contributed by atoms with Crippen LogP contribution >= 0.6 is 11.6 Å². The maximum Gasteiger partial charge on any atom is 0.249 e. The zero-order valence-corrected chi connectivity index (χ0v) is 22.3. The van der Waals surface area contributed by atoms with Crippen LogP contribution in [0.25, 0.3) is 10.9 Å². The van der Waals surface area contributed by atoms with Crippen molar-refractivity contribution in [2.45, 2.75) is 32.4 Å². The van der Waals surface area contributed by atoms with E-state index in [0.29, 0.717) is 32.9 Å². The van der Waals surface area contributed by atoms with Gasteiger partial charge in [0.2, 0.25) is 5.95 Å². The molecule has 5 aromatic rings. The summed E-state index contributed by atoms with van der Waals surface area (Å²) in [4.78, 5) is 7.89. The third kappa shape index (κ3) is 5.39. The summed E-state index contributed by atoms with van der Waals surface area (Å²) in [5, 5.41) is 25.5. The summed E-state index contributed by atoms with van der Waals surface area (Å²) in [5.41, 5.74) is 2.41. The first-order valence-corrected chi connectivity index (χ1v) is 12.5. The zero-order valence-electron chi connectivity index (χ0n) is 21.5. The van der Waals surface area contributed by atoms with Crippen molar-refractivity contribution in [2.75, 3.05) is 10.6 Å². The number of benzene rings is 2. The number of anilines is 3. The molecule has 0 spiro atoms. The average molecular weight is 563 g/mol. The number of hydrogen-bond acceptors (Lipinski definition) is 7. The lowest BCUT2D eigenvalue weighted by molar-refractivity contribution is 0.347. The molecule has 2 aromatic carbocycles. The van der Waals surface area contributed by atoms with E-state index in [1.165, 1.54) is 18.3 Å². The molecule has 5 rings (SSSR count). The molecule has 3 aromatic heterocycles. The topological polar surface area (TPSA) is 104 Å². The van der Waals surface area contributed by atoms with E-state index in [1.807, 2.05) is 20.8 Å². The molecule has 2 N–H and O–H groups in total. The number of hydrogen-bond donors (Lipinski definition) is 2. The lowest BCUT2D eigenvalue weighted by atomic mass is 10.0. The predicted octanol–water partition coefficient (Wildman–Crippen LogP) is 6.86. The van der Waals surface area contributed by atoms with E-state index in [-0.39, 0.29) is 28.3 Å². The van der Waals surface area contributed by atoms with Gasteiger partial charge in [0.05, 0.1) is 52.1 Å². The number of nitrogens with one attached hydrogen (secondary N) is 2. The molecule has 0 fully saturated rings. The SMILES string of the molecule is CC(C)(C)n1cc([C@@H](Nc2cc(Cl)cc3c(Nc4cnc(F)c(F)c4)c(C#N)cnc23)c2ccc(F)cc2)nn1. The van der Waals surface area contributed by atoms with Crippen molar-refractivity contribution in [1.29, 1.82) is 5.26 Å². The van der Waals surface area contributed by atoms with E-state index in [9.17, 15) is 18.4 Å². The predicted molar refractivity (Wildman–Crippen MR) is 146 cm³/mol. The number of rotatable bonds is 6. The highest BCUT2D eigenvalue weighted by atomic mass is 35.5. The fraction of sp³-hybridized carbons (Fsp3) is 0.179. The maximum atomic E-state index is 13.9. The summed E-state index contributed by atoms with van der Waals surface area (Å²) < 4.78 is 42.8. The Hall–Kier alpha value is -4.69. The maximum absolute atomic E-state index is 13.9. The Bertz CT molecular complexity index is 1760. The molecule has 0 saturated carbocycles. The first kappa shape index (κ1) is 26.9. The van der Waals surface area contributed by atoms with Crippen LogP contribution in [0.5, 0.6) is 0 Å². The molecular formula is C28H22ClF3N8. The normalized spacial score (nSPS) is 12.2. The Kier molecular flexibility index (Phi) is 7.04. The summed E-state index contributed by atoms with van der Waals surface area (Å²) >= 11 is 6.52. The van der Waals surface area contributed by atoms with Gasteiger partial charge >= 0.3 is 0 Å². The Morgan fingerprint density at radius 3 is 2.42 bits per heavy atom. The smallest absolute Gasteiger partial charge is 0.249 e. The fourth-order valence-electron chi connectivity index (χ4n) is 4.11. The first-order valence-electron chi connectivity index (χ1n) is 12.1. The van der Waals surface area contributed by atoms with Gasteiger partial charge in [-0.1, -0.05) is 28.9 Å². The molecule has 0 aliphatic carbocycles. The Morgan fingerprint density at radius 1 is 1.02 bits per heavy atom. The highest BCUT2D eigenvalue weighted by Crippen LogP contribution is 2.37. The first-order chi connectivity index (χ1) is 19.0. The molecule has 0 unspecified atom stereocenters. The van der Waals surface area contributed by atoms with Crippen molar-refractivity contribution < 1.29 is 13.2 Å². The lowest BCUT2D eigenvalue weighted by Crippen LogP contribution is -2.22. The van der Waals surface area contributed by atoms with Crippen LogP contribution in [-0.2, 0) is 5.54 Å². The highest BCUT2D eigenvalue weighted by molar-refractivity contribution is 6.32. The van der Waals surface area contributed by atoms with Gasteiger partial charge in [0, 0.05) is 22.7 Å². The van der Waals surface area contributed by atoms with Gasteiger partial charge in [-0.15, -0.1) is 5.10 Å². The van der Waals surface area contributed by atoms with E-state index in [2.05, 4.69) is 37.0 Å². The van der Waals surface area contributed by atoms with Crippen molar-refractivity contribution >= 4 is 39.6 Å². The van der Waals surface area contributed by atoms with Crippen molar-refractivity contribution in [3.05, 3.63) is 100 Å². The fourth-order valence-corrected chi connectivity index (χ4v) is 4.32. The molecule has 8 nitrogen and oxygen atoms in total. The Morgan fingerprint density at radius 2 is 1.77 bits per heavy atom. The van der Waals surface area contributed by atoms with Gasteiger partial charge in [-0.3, -0.25) is 4.98 Å². The van der Waals surface area contributed by atoms with Gasteiger partial charge in [0.25, 0.3) is 0 Å². The second-order valence-electron chi connectivity index (χ2n) is 10.0. The molecule has 0 aliphatic heterocycles. The van der Waals surface area contributed by atoms with E-state index in [4.69, 9.17) is 11.6 Å². The Labute approximate surface area is 232 Å². The van der Waals surface area contributed by atoms with Crippen LogP contribution in [0.3, 0.4) is 0 Å². The molecule has 0 amide bonds. The molecule has 0 saturated heterocycles. The zero-order chi connectivity index (χ0) is 28.6. The number of pyridine rings is 2. The third-order valence-corrected chi connectivity index (χ3v) is 6.34. The van der Waals surface area contributed by atoms with E-state index in [1.54, 1.807) is 35.1 Å². The summed E-state index contributed by atoms with van der Waals surface area (Å²) in [6, 6.07) is 11.7. The monoisotopic (exact) mass is 562 g/mol. The lowest BCUT2D eigenvalue weighted by Gasteiger charge is -2.21. The Balaban J connectivity index is 1.64. The molecule has 202 valence electrons. The van der Waals surface area contributed by atoms with E-state index >= 15 is 0 Å². The van der Waals surface area contributed by atoms with Crippen molar-refractivity contribution in [1.82, 2.24) is 25.0 Å². The van der Waals surface area contributed by atoms with Gasteiger partial charge in [-0.25, -0.2) is 18.4 Å². The molecule has 0 bridgehead atoms. The molecule has 0 radical (unpaired) electrons. The standard InChI is InChI=1S/C28H22ClF3N8/c1-28(2,3)40-14-23(38-39-40)25(15-4-6-18(30)7-5-15)37-22-9-17(29)8-20-24(16(11-33)12-34-26(20)22)36-19-10-21(31)27(32)35-13-19/h4-10,12-14,25,37H,1-3H3,(H,34,36)/t25-/m0/s1. The van der Waals surface area contributed by atoms with Gasteiger partial charge < -0.3 is 10.6 Å². The minimum Gasteiger partial charge on any atom is -0.371 e. The number of nitriles is 1. The number of aromatic nitrogens is 5. The second kappa shape index (κ2) is 10.5. The summed E-state index contributed by atoms with van der Waals surface area (Å²) in [7, 11) is 0. The number of halogens is 4. The van der Waals surface area contributed by atoms with Crippen LogP contribution < -0.4 is 10.6 Å².